The summed E-state index contributed by atoms with van der Waals surface area (Å²) in [5.74, 6) is -1.12. The summed E-state index contributed by atoms with van der Waals surface area (Å²) in [6, 6.07) is 16.3. The number of rotatable bonds is 9. The van der Waals surface area contributed by atoms with Gasteiger partial charge in [-0.3, -0.25) is 9.59 Å². The number of alkyl carbamates (subject to hydrolysis) is 1. The molecular weight excluding hydrogens is 420 g/mol. The second-order valence-corrected chi connectivity index (χ2v) is 8.67. The first-order valence-electron chi connectivity index (χ1n) is 11.2. The van der Waals surface area contributed by atoms with Crippen LogP contribution in [0.2, 0.25) is 0 Å². The van der Waals surface area contributed by atoms with Crippen LogP contribution < -0.4 is 5.32 Å². The number of carboxylic acid groups (broad SMARTS) is 1. The minimum Gasteiger partial charge on any atom is -0.480 e. The predicted molar refractivity (Wildman–Crippen MR) is 124 cm³/mol. The Hall–Kier alpha value is -3.61. The molecule has 0 radical (unpaired) electrons. The molecular formula is C26H28N2O5. The lowest BCUT2D eigenvalue weighted by Gasteiger charge is -2.36. The van der Waals surface area contributed by atoms with Crippen LogP contribution in [-0.4, -0.2) is 53.7 Å². The van der Waals surface area contributed by atoms with Crippen molar-refractivity contribution < 1.29 is 24.2 Å². The van der Waals surface area contributed by atoms with Gasteiger partial charge in [-0.1, -0.05) is 54.6 Å². The average molecular weight is 449 g/mol. The molecule has 0 bridgehead atoms. The molecule has 0 saturated heterocycles. The molecule has 1 fully saturated rings. The molecule has 2 aromatic rings. The highest BCUT2D eigenvalue weighted by Gasteiger charge is 2.34. The molecule has 0 aromatic heterocycles. The molecule has 2 aromatic carbocycles. The molecule has 2 aliphatic rings. The number of amides is 2. The number of fused-ring (bicyclic) bond motifs is 3. The van der Waals surface area contributed by atoms with E-state index in [1.165, 1.54) is 33.2 Å². The number of hydrogen-bond acceptors (Lipinski definition) is 4. The molecule has 7 nitrogen and oxygen atoms in total. The number of benzene rings is 2. The SMILES string of the molecule is C=CCN(CC(=O)O)C(=O)CC1CC(NC(=O)OCC2c3ccccc3-c3ccccc32)C1. The van der Waals surface area contributed by atoms with Gasteiger partial charge in [0, 0.05) is 24.9 Å². The first-order chi connectivity index (χ1) is 16.0. The topological polar surface area (TPSA) is 95.9 Å². The lowest BCUT2D eigenvalue weighted by Crippen LogP contribution is -2.46. The fourth-order valence-electron chi connectivity index (χ4n) is 4.78. The molecule has 7 heteroatoms. The Labute approximate surface area is 193 Å². The number of nitrogens with zero attached hydrogens (tertiary/aromatic N) is 1. The van der Waals surface area contributed by atoms with Crippen molar-refractivity contribution in [3.8, 4) is 11.1 Å². The highest BCUT2D eigenvalue weighted by Crippen LogP contribution is 2.44. The van der Waals surface area contributed by atoms with Crippen LogP contribution in [0.3, 0.4) is 0 Å². The largest absolute Gasteiger partial charge is 0.480 e. The number of hydrogen-bond donors (Lipinski definition) is 2. The predicted octanol–water partition coefficient (Wildman–Crippen LogP) is 3.79. The Bertz CT molecular complexity index is 1010. The Morgan fingerprint density at radius 1 is 1.06 bits per heavy atom. The lowest BCUT2D eigenvalue weighted by molar-refractivity contribution is -0.144. The summed E-state index contributed by atoms with van der Waals surface area (Å²) in [5, 5.41) is 11.8. The summed E-state index contributed by atoms with van der Waals surface area (Å²) in [5.41, 5.74) is 4.70. The van der Waals surface area contributed by atoms with E-state index >= 15 is 0 Å². The molecule has 0 heterocycles. The zero-order valence-electron chi connectivity index (χ0n) is 18.4. The van der Waals surface area contributed by atoms with Gasteiger partial charge >= 0.3 is 12.1 Å². The van der Waals surface area contributed by atoms with Crippen molar-refractivity contribution in [1.82, 2.24) is 10.2 Å². The zero-order valence-corrected chi connectivity index (χ0v) is 18.4. The molecule has 172 valence electrons. The third-order valence-electron chi connectivity index (χ3n) is 6.39. The molecule has 0 aliphatic heterocycles. The van der Waals surface area contributed by atoms with E-state index in [0.29, 0.717) is 12.8 Å². The van der Waals surface area contributed by atoms with E-state index in [4.69, 9.17) is 9.84 Å². The van der Waals surface area contributed by atoms with E-state index in [2.05, 4.69) is 36.2 Å². The quantitative estimate of drug-likeness (QED) is 0.569. The highest BCUT2D eigenvalue weighted by molar-refractivity contribution is 5.82. The minimum absolute atomic E-state index is 0.0139. The van der Waals surface area contributed by atoms with Gasteiger partial charge in [-0.25, -0.2) is 4.79 Å². The maximum absolute atomic E-state index is 12.4. The molecule has 1 saturated carbocycles. The van der Waals surface area contributed by atoms with Crippen molar-refractivity contribution in [1.29, 1.82) is 0 Å². The summed E-state index contributed by atoms with van der Waals surface area (Å²) in [7, 11) is 0. The van der Waals surface area contributed by atoms with E-state index in [1.54, 1.807) is 0 Å². The van der Waals surface area contributed by atoms with Crippen molar-refractivity contribution >= 4 is 18.0 Å². The van der Waals surface area contributed by atoms with Gasteiger partial charge in [0.05, 0.1) is 0 Å². The zero-order chi connectivity index (χ0) is 23.4. The number of aliphatic carboxylic acids is 1. The molecule has 2 amide bonds. The van der Waals surface area contributed by atoms with E-state index in [0.717, 1.165) is 0 Å². The summed E-state index contributed by atoms with van der Waals surface area (Å²) < 4.78 is 5.57. The van der Waals surface area contributed by atoms with Crippen molar-refractivity contribution in [2.24, 2.45) is 5.92 Å². The lowest BCUT2D eigenvalue weighted by atomic mass is 9.78. The first-order valence-corrected chi connectivity index (χ1v) is 11.2. The summed E-state index contributed by atoms with van der Waals surface area (Å²) in [6.45, 7) is 3.71. The number of carbonyl (C=O) groups is 3. The van der Waals surface area contributed by atoms with Gasteiger partial charge in [0.25, 0.3) is 0 Å². The second-order valence-electron chi connectivity index (χ2n) is 8.67. The standard InChI is InChI=1S/C26H28N2O5/c1-2-11-28(15-25(30)31)24(29)14-17-12-18(13-17)27-26(32)33-16-23-21-9-5-3-7-19(21)20-8-4-6-10-22(20)23/h2-10,17-18,23H,1,11-16H2,(H,27,32)(H,30,31). The number of ether oxygens (including phenoxy) is 1. The fraction of sp³-hybridized carbons (Fsp3) is 0.346. The van der Waals surface area contributed by atoms with Gasteiger partial charge in [0.1, 0.15) is 13.2 Å². The van der Waals surface area contributed by atoms with E-state index in [-0.39, 0.29) is 49.9 Å². The molecule has 4 rings (SSSR count). The third-order valence-corrected chi connectivity index (χ3v) is 6.39. The Morgan fingerprint density at radius 3 is 2.24 bits per heavy atom. The van der Waals surface area contributed by atoms with Crippen LogP contribution >= 0.6 is 0 Å². The first kappa shape index (κ1) is 22.6. The van der Waals surface area contributed by atoms with E-state index < -0.39 is 12.1 Å². The van der Waals surface area contributed by atoms with Crippen molar-refractivity contribution in [2.75, 3.05) is 19.7 Å². The van der Waals surface area contributed by atoms with Crippen LogP contribution in [0.1, 0.15) is 36.3 Å². The minimum atomic E-state index is -1.05. The monoisotopic (exact) mass is 448 g/mol. The van der Waals surface area contributed by atoms with Crippen molar-refractivity contribution in [3.05, 3.63) is 72.3 Å². The molecule has 0 atom stereocenters. The van der Waals surface area contributed by atoms with Gasteiger partial charge in [0.2, 0.25) is 5.91 Å². The summed E-state index contributed by atoms with van der Waals surface area (Å²) in [6.07, 6.45) is 2.67. The highest BCUT2D eigenvalue weighted by atomic mass is 16.5. The van der Waals surface area contributed by atoms with Gasteiger partial charge in [-0.05, 0) is 41.0 Å². The van der Waals surface area contributed by atoms with Crippen LogP contribution in [0, 0.1) is 5.92 Å². The van der Waals surface area contributed by atoms with Gasteiger partial charge in [-0.15, -0.1) is 6.58 Å². The number of carboxylic acids is 1. The molecule has 2 aliphatic carbocycles. The van der Waals surface area contributed by atoms with Crippen molar-refractivity contribution in [3.63, 3.8) is 0 Å². The number of nitrogens with one attached hydrogen (secondary N) is 1. The van der Waals surface area contributed by atoms with Crippen molar-refractivity contribution in [2.45, 2.75) is 31.2 Å². The number of carbonyl (C=O) groups excluding carboxylic acids is 2. The van der Waals surface area contributed by atoms with E-state index in [1.807, 2.05) is 24.3 Å². The molecule has 2 N–H and O–H groups in total. The maximum atomic E-state index is 12.4. The Morgan fingerprint density at radius 2 is 1.67 bits per heavy atom. The third kappa shape index (κ3) is 5.08. The molecule has 33 heavy (non-hydrogen) atoms. The average Bonchev–Trinajstić information content (AvgIpc) is 3.09. The summed E-state index contributed by atoms with van der Waals surface area (Å²) >= 11 is 0. The van der Waals surface area contributed by atoms with Gasteiger partial charge in [0.15, 0.2) is 0 Å². The molecule has 0 unspecified atom stereocenters. The van der Waals surface area contributed by atoms with Crippen LogP contribution in [0.15, 0.2) is 61.2 Å². The van der Waals surface area contributed by atoms with Crippen LogP contribution in [0.4, 0.5) is 4.79 Å². The van der Waals surface area contributed by atoms with Gasteiger partial charge < -0.3 is 20.1 Å². The maximum Gasteiger partial charge on any atom is 0.407 e. The second kappa shape index (κ2) is 9.90. The normalized spacial score (nSPS) is 18.4. The van der Waals surface area contributed by atoms with Crippen LogP contribution in [0.5, 0.6) is 0 Å². The van der Waals surface area contributed by atoms with Crippen LogP contribution in [-0.2, 0) is 14.3 Å². The van der Waals surface area contributed by atoms with E-state index in [9.17, 15) is 14.4 Å². The Kier molecular flexibility index (Phi) is 6.77. The smallest absolute Gasteiger partial charge is 0.407 e. The fourth-order valence-corrected chi connectivity index (χ4v) is 4.78. The Balaban J connectivity index is 1.24. The van der Waals surface area contributed by atoms with Gasteiger partial charge in [-0.2, -0.15) is 0 Å². The van der Waals surface area contributed by atoms with Crippen LogP contribution in [0.25, 0.3) is 11.1 Å². The molecule has 0 spiro atoms. The summed E-state index contributed by atoms with van der Waals surface area (Å²) in [4.78, 5) is 37.0.